The Morgan fingerprint density at radius 3 is 2.52 bits per heavy atom. The molecule has 0 aliphatic heterocycles. The summed E-state index contributed by atoms with van der Waals surface area (Å²) < 4.78 is 32.4. The maximum atomic E-state index is 12.4. The van der Waals surface area contributed by atoms with Crippen LogP contribution in [0.5, 0.6) is 5.75 Å². The summed E-state index contributed by atoms with van der Waals surface area (Å²) in [5, 5.41) is 0.481. The highest BCUT2D eigenvalue weighted by Gasteiger charge is 2.20. The molecule has 0 spiro atoms. The van der Waals surface area contributed by atoms with Gasteiger partial charge in [0.05, 0.1) is 12.8 Å². The van der Waals surface area contributed by atoms with E-state index in [4.69, 9.17) is 22.1 Å². The highest BCUT2D eigenvalue weighted by Crippen LogP contribution is 2.28. The summed E-state index contributed by atoms with van der Waals surface area (Å²) in [6.45, 7) is 1.83. The molecule has 0 aliphatic rings. The van der Waals surface area contributed by atoms with Crippen molar-refractivity contribution in [1.82, 2.24) is 0 Å². The summed E-state index contributed by atoms with van der Waals surface area (Å²) in [7, 11) is -2.43. The molecule has 0 aliphatic carbocycles. The van der Waals surface area contributed by atoms with E-state index >= 15 is 0 Å². The van der Waals surface area contributed by atoms with Crippen LogP contribution in [0.3, 0.4) is 0 Å². The third-order valence-electron chi connectivity index (χ3n) is 2.90. The summed E-state index contributed by atoms with van der Waals surface area (Å²) in [6, 6.07) is 9.34. The third kappa shape index (κ3) is 3.40. The predicted molar refractivity (Wildman–Crippen MR) is 84.4 cm³/mol. The maximum absolute atomic E-state index is 12.4. The van der Waals surface area contributed by atoms with Gasteiger partial charge in [0.1, 0.15) is 10.6 Å². The van der Waals surface area contributed by atoms with Crippen LogP contribution in [-0.2, 0) is 10.0 Å². The van der Waals surface area contributed by atoms with Crippen molar-refractivity contribution >= 4 is 33.0 Å². The molecule has 21 heavy (non-hydrogen) atoms. The van der Waals surface area contributed by atoms with E-state index < -0.39 is 10.0 Å². The average molecular weight is 327 g/mol. The van der Waals surface area contributed by atoms with Gasteiger partial charge in [0.2, 0.25) is 0 Å². The van der Waals surface area contributed by atoms with Gasteiger partial charge >= 0.3 is 0 Å². The van der Waals surface area contributed by atoms with Crippen LogP contribution in [0.2, 0.25) is 5.02 Å². The number of hydrogen-bond acceptors (Lipinski definition) is 4. The first-order chi connectivity index (χ1) is 9.83. The van der Waals surface area contributed by atoms with Crippen LogP contribution in [0.4, 0.5) is 11.4 Å². The molecule has 0 atom stereocenters. The van der Waals surface area contributed by atoms with Crippen LogP contribution in [0.1, 0.15) is 5.56 Å². The Bertz CT molecular complexity index is 776. The van der Waals surface area contributed by atoms with E-state index in [1.54, 1.807) is 24.3 Å². The van der Waals surface area contributed by atoms with E-state index in [9.17, 15) is 8.42 Å². The van der Waals surface area contributed by atoms with Crippen LogP contribution in [0.15, 0.2) is 41.3 Å². The number of nitrogens with two attached hydrogens (primary N) is 1. The number of anilines is 2. The molecule has 112 valence electrons. The fraction of sp³-hybridized carbons (Fsp3) is 0.143. The highest BCUT2D eigenvalue weighted by molar-refractivity contribution is 7.92. The lowest BCUT2D eigenvalue weighted by molar-refractivity contribution is 0.403. The molecule has 0 saturated carbocycles. The second-order valence-corrected chi connectivity index (χ2v) is 6.54. The Morgan fingerprint density at radius 1 is 1.19 bits per heavy atom. The molecule has 0 fully saturated rings. The molecule has 0 bridgehead atoms. The van der Waals surface area contributed by atoms with Gasteiger partial charge in [0.25, 0.3) is 10.0 Å². The zero-order valence-corrected chi connectivity index (χ0v) is 13.1. The standard InChI is InChI=1S/C14H15ClN2O3S/c1-9-3-5-11(8-12(9)15)17-21(18,19)14-7-10(16)4-6-13(14)20-2/h3-8,17H,16H2,1-2H3. The minimum atomic E-state index is -3.82. The average Bonchev–Trinajstić information content (AvgIpc) is 2.42. The van der Waals surface area contributed by atoms with Crippen molar-refractivity contribution in [3.05, 3.63) is 47.0 Å². The van der Waals surface area contributed by atoms with E-state index in [0.29, 0.717) is 16.4 Å². The van der Waals surface area contributed by atoms with Crippen LogP contribution in [0.25, 0.3) is 0 Å². The number of hydrogen-bond donors (Lipinski definition) is 2. The minimum Gasteiger partial charge on any atom is -0.495 e. The fourth-order valence-corrected chi connectivity index (χ4v) is 3.21. The summed E-state index contributed by atoms with van der Waals surface area (Å²) in [5.74, 6) is 0.218. The van der Waals surface area contributed by atoms with E-state index in [-0.39, 0.29) is 10.6 Å². The normalized spacial score (nSPS) is 11.2. The summed E-state index contributed by atoms with van der Waals surface area (Å²) in [6.07, 6.45) is 0. The fourth-order valence-electron chi connectivity index (χ4n) is 1.77. The van der Waals surface area contributed by atoms with Crippen molar-refractivity contribution in [2.45, 2.75) is 11.8 Å². The van der Waals surface area contributed by atoms with Crippen LogP contribution < -0.4 is 15.2 Å². The Morgan fingerprint density at radius 2 is 1.90 bits per heavy atom. The van der Waals surface area contributed by atoms with Gasteiger partial charge in [-0.2, -0.15) is 0 Å². The van der Waals surface area contributed by atoms with Crippen molar-refractivity contribution in [2.24, 2.45) is 0 Å². The molecule has 7 heteroatoms. The van der Waals surface area contributed by atoms with E-state index in [1.165, 1.54) is 19.2 Å². The lowest BCUT2D eigenvalue weighted by atomic mass is 10.2. The van der Waals surface area contributed by atoms with Gasteiger partial charge in [0.15, 0.2) is 0 Å². The van der Waals surface area contributed by atoms with E-state index in [2.05, 4.69) is 4.72 Å². The smallest absolute Gasteiger partial charge is 0.265 e. The minimum absolute atomic E-state index is 0.0262. The Labute approximate surface area is 128 Å². The molecule has 0 saturated heterocycles. The van der Waals surface area contributed by atoms with Crippen molar-refractivity contribution in [1.29, 1.82) is 0 Å². The van der Waals surface area contributed by atoms with Crippen LogP contribution in [0, 0.1) is 6.92 Å². The van der Waals surface area contributed by atoms with Crippen LogP contribution in [-0.4, -0.2) is 15.5 Å². The summed E-state index contributed by atoms with van der Waals surface area (Å²) >= 11 is 5.99. The number of rotatable bonds is 4. The number of sulfonamides is 1. The van der Waals surface area contributed by atoms with Crippen molar-refractivity contribution in [3.63, 3.8) is 0 Å². The molecule has 2 rings (SSSR count). The number of nitrogens with one attached hydrogen (secondary N) is 1. The molecule has 0 radical (unpaired) electrons. The molecule has 5 nitrogen and oxygen atoms in total. The molecular formula is C14H15ClN2O3S. The van der Waals surface area contributed by atoms with E-state index in [0.717, 1.165) is 5.56 Å². The van der Waals surface area contributed by atoms with E-state index in [1.807, 2.05) is 6.92 Å². The maximum Gasteiger partial charge on any atom is 0.265 e. The molecule has 0 unspecified atom stereocenters. The number of nitrogen functional groups attached to an aromatic ring is 1. The molecule has 3 N–H and O–H groups in total. The first kappa shape index (κ1) is 15.5. The zero-order chi connectivity index (χ0) is 15.6. The van der Waals surface area contributed by atoms with Gasteiger partial charge in [-0.05, 0) is 42.8 Å². The quantitative estimate of drug-likeness (QED) is 0.846. The highest BCUT2D eigenvalue weighted by atomic mass is 35.5. The second kappa shape index (κ2) is 5.83. The van der Waals surface area contributed by atoms with Gasteiger partial charge in [-0.25, -0.2) is 8.42 Å². The first-order valence-electron chi connectivity index (χ1n) is 6.06. The number of halogens is 1. The first-order valence-corrected chi connectivity index (χ1v) is 7.92. The van der Waals surface area contributed by atoms with Crippen molar-refractivity contribution < 1.29 is 13.2 Å². The zero-order valence-electron chi connectivity index (χ0n) is 11.6. The Kier molecular flexibility index (Phi) is 4.29. The second-order valence-electron chi connectivity index (χ2n) is 4.48. The van der Waals surface area contributed by atoms with Gasteiger partial charge in [-0.15, -0.1) is 0 Å². The monoisotopic (exact) mass is 326 g/mol. The lowest BCUT2D eigenvalue weighted by Crippen LogP contribution is -2.14. The number of ether oxygens (including phenoxy) is 1. The number of aryl methyl sites for hydroxylation is 1. The number of benzene rings is 2. The summed E-state index contributed by atoms with van der Waals surface area (Å²) in [5.41, 5.74) is 7.21. The Balaban J connectivity index is 2.42. The lowest BCUT2D eigenvalue weighted by Gasteiger charge is -2.12. The van der Waals surface area contributed by atoms with Gasteiger partial charge in [-0.3, -0.25) is 4.72 Å². The topological polar surface area (TPSA) is 81.4 Å². The van der Waals surface area contributed by atoms with Crippen molar-refractivity contribution in [3.8, 4) is 5.75 Å². The van der Waals surface area contributed by atoms with Gasteiger partial charge in [0, 0.05) is 10.7 Å². The molecule has 2 aromatic carbocycles. The SMILES string of the molecule is COc1ccc(N)cc1S(=O)(=O)Nc1ccc(C)c(Cl)c1. The van der Waals surface area contributed by atoms with Gasteiger partial charge in [-0.1, -0.05) is 17.7 Å². The number of methoxy groups -OCH3 is 1. The largest absolute Gasteiger partial charge is 0.495 e. The summed E-state index contributed by atoms with van der Waals surface area (Å²) in [4.78, 5) is -0.0262. The predicted octanol–water partition coefficient (Wildman–Crippen LogP) is 3.04. The molecule has 0 amide bonds. The van der Waals surface area contributed by atoms with Crippen molar-refractivity contribution in [2.75, 3.05) is 17.6 Å². The van der Waals surface area contributed by atoms with Gasteiger partial charge < -0.3 is 10.5 Å². The third-order valence-corrected chi connectivity index (χ3v) is 4.71. The molecule has 2 aromatic rings. The molecular weight excluding hydrogens is 312 g/mol. The molecule has 0 heterocycles. The molecule has 0 aromatic heterocycles. The van der Waals surface area contributed by atoms with Crippen LogP contribution >= 0.6 is 11.6 Å². The Hall–Kier alpha value is -1.92.